The Morgan fingerprint density at radius 2 is 1.88 bits per heavy atom. The van der Waals surface area contributed by atoms with Crippen molar-refractivity contribution in [3.8, 4) is 0 Å². The number of nitrogens with two attached hydrogens (primary N) is 1. The number of hydrogen-bond acceptors (Lipinski definition) is 5. The lowest BCUT2D eigenvalue weighted by Gasteiger charge is -2.04. The van der Waals surface area contributed by atoms with Gasteiger partial charge in [0.1, 0.15) is 6.79 Å². The van der Waals surface area contributed by atoms with E-state index in [2.05, 4.69) is 21.2 Å². The van der Waals surface area contributed by atoms with Crippen LogP contribution in [0.1, 0.15) is 19.4 Å². The van der Waals surface area contributed by atoms with E-state index < -0.39 is 0 Å². The Labute approximate surface area is 158 Å². The molecule has 138 valence electrons. The van der Waals surface area contributed by atoms with Crippen LogP contribution in [0.3, 0.4) is 0 Å². The van der Waals surface area contributed by atoms with Gasteiger partial charge in [0.25, 0.3) is 0 Å². The molecule has 0 bridgehead atoms. The van der Waals surface area contributed by atoms with Crippen LogP contribution in [-0.4, -0.2) is 36.3 Å². The summed E-state index contributed by atoms with van der Waals surface area (Å²) in [6.07, 6.45) is 6.99. The third kappa shape index (κ3) is 12.1. The van der Waals surface area contributed by atoms with Gasteiger partial charge in [0.05, 0.1) is 12.1 Å². The Kier molecular flexibility index (Phi) is 17.0. The molecule has 0 fully saturated rings. The van der Waals surface area contributed by atoms with E-state index in [1.807, 2.05) is 13.7 Å². The predicted octanol–water partition coefficient (Wildman–Crippen LogP) is 2.81. The van der Waals surface area contributed by atoms with Gasteiger partial charge in [-0.1, -0.05) is 17.7 Å². The second-order valence-electron chi connectivity index (χ2n) is 4.29. The number of hydrazone groups is 1. The van der Waals surface area contributed by atoms with Gasteiger partial charge in [0, 0.05) is 23.3 Å². The molecule has 0 aliphatic carbocycles. The van der Waals surface area contributed by atoms with Crippen molar-refractivity contribution >= 4 is 41.6 Å². The molecule has 0 aromatic carbocycles. The van der Waals surface area contributed by atoms with Crippen molar-refractivity contribution < 1.29 is 9.59 Å². The zero-order valence-corrected chi connectivity index (χ0v) is 16.1. The van der Waals surface area contributed by atoms with E-state index in [-0.39, 0.29) is 12.3 Å². The highest BCUT2D eigenvalue weighted by molar-refractivity contribution is 6.33. The first-order chi connectivity index (χ1) is 12.0. The van der Waals surface area contributed by atoms with Crippen molar-refractivity contribution in [2.24, 2.45) is 10.8 Å². The molecule has 0 spiro atoms. The number of nitrogens with one attached hydrogen (secondary N) is 1. The van der Waals surface area contributed by atoms with Crippen molar-refractivity contribution in [2.75, 3.05) is 12.9 Å². The molecule has 3 N–H and O–H groups in total. The Bertz CT molecular complexity index is 588. The molecule has 1 amide bonds. The van der Waals surface area contributed by atoms with Crippen LogP contribution >= 0.6 is 23.2 Å². The standard InChI is InChI=1S/C15H17Cl2N3O.CH5N.CH2O/c1-11(14(17)4-3-7-16)12(2)19-20-15(21)10-13-5-8-18-9-6-13;2*1-2/h3-6,8-9H,7,10H2,1-2H3,(H,20,21);2H2,1H3;1H2/b4-3-,14-11-,19-12+;;. The van der Waals surface area contributed by atoms with Crippen LogP contribution in [0.15, 0.2) is 52.4 Å². The molecule has 0 atom stereocenters. The van der Waals surface area contributed by atoms with E-state index in [1.54, 1.807) is 43.6 Å². The molecular formula is C17H24Cl2N4O2. The number of halogens is 2. The summed E-state index contributed by atoms with van der Waals surface area (Å²) < 4.78 is 0. The van der Waals surface area contributed by atoms with Crippen molar-refractivity contribution in [1.29, 1.82) is 0 Å². The molecule has 6 nitrogen and oxygen atoms in total. The highest BCUT2D eigenvalue weighted by atomic mass is 35.5. The summed E-state index contributed by atoms with van der Waals surface area (Å²) in [7, 11) is 1.50. The Morgan fingerprint density at radius 1 is 1.32 bits per heavy atom. The van der Waals surface area contributed by atoms with Gasteiger partial charge in [-0.15, -0.1) is 11.6 Å². The molecule has 0 saturated carbocycles. The summed E-state index contributed by atoms with van der Waals surface area (Å²) in [4.78, 5) is 23.7. The Balaban J connectivity index is 0. The number of nitrogens with zero attached hydrogens (tertiary/aromatic N) is 2. The summed E-state index contributed by atoms with van der Waals surface area (Å²) in [5, 5.41) is 4.58. The number of amides is 1. The van der Waals surface area contributed by atoms with E-state index >= 15 is 0 Å². The number of pyridine rings is 1. The van der Waals surface area contributed by atoms with Crippen molar-refractivity contribution in [1.82, 2.24) is 10.4 Å². The van der Waals surface area contributed by atoms with Gasteiger partial charge < -0.3 is 10.5 Å². The quantitative estimate of drug-likeness (QED) is 0.339. The lowest BCUT2D eigenvalue weighted by atomic mass is 10.2. The zero-order chi connectivity index (χ0) is 19.7. The maximum Gasteiger partial charge on any atom is 0.244 e. The Hall–Kier alpha value is -2.02. The van der Waals surface area contributed by atoms with E-state index in [0.717, 1.165) is 11.1 Å². The minimum atomic E-state index is -0.194. The van der Waals surface area contributed by atoms with Crippen molar-refractivity contribution in [3.05, 3.63) is 52.8 Å². The van der Waals surface area contributed by atoms with Crippen LogP contribution in [0.2, 0.25) is 0 Å². The van der Waals surface area contributed by atoms with Gasteiger partial charge in [-0.25, -0.2) is 5.43 Å². The second-order valence-corrected chi connectivity index (χ2v) is 5.01. The maximum atomic E-state index is 11.8. The molecular weight excluding hydrogens is 363 g/mol. The van der Waals surface area contributed by atoms with E-state index in [1.165, 1.54) is 7.05 Å². The van der Waals surface area contributed by atoms with E-state index in [4.69, 9.17) is 28.0 Å². The SMILES string of the molecule is C=O.CC(=C(Cl)\C=C/CCl)/C(C)=N/NC(=O)Cc1ccncc1.CN. The topological polar surface area (TPSA) is 97.4 Å². The number of carbonyl (C=O) groups excluding carboxylic acids is 2. The van der Waals surface area contributed by atoms with Crippen molar-refractivity contribution in [2.45, 2.75) is 20.3 Å². The average Bonchev–Trinajstić information content (AvgIpc) is 2.67. The number of hydrogen-bond donors (Lipinski definition) is 2. The average molecular weight is 387 g/mol. The molecule has 1 aromatic heterocycles. The molecule has 1 aromatic rings. The number of carbonyl (C=O) groups is 2. The number of alkyl halides is 1. The van der Waals surface area contributed by atoms with Gasteiger partial charge in [-0.05, 0) is 50.2 Å². The van der Waals surface area contributed by atoms with Crippen molar-refractivity contribution in [3.63, 3.8) is 0 Å². The first-order valence-electron chi connectivity index (χ1n) is 7.22. The third-order valence-electron chi connectivity index (χ3n) is 2.72. The summed E-state index contributed by atoms with van der Waals surface area (Å²) >= 11 is 11.6. The number of rotatable bonds is 6. The Morgan fingerprint density at radius 3 is 2.40 bits per heavy atom. The minimum absolute atomic E-state index is 0.194. The normalized spacial score (nSPS) is 11.5. The summed E-state index contributed by atoms with van der Waals surface area (Å²) in [6.45, 7) is 5.60. The van der Waals surface area contributed by atoms with Gasteiger partial charge >= 0.3 is 0 Å². The van der Waals surface area contributed by atoms with Crippen LogP contribution in [0, 0.1) is 0 Å². The van der Waals surface area contributed by atoms with E-state index in [0.29, 0.717) is 16.6 Å². The highest BCUT2D eigenvalue weighted by Crippen LogP contribution is 2.12. The van der Waals surface area contributed by atoms with Gasteiger partial charge in [0.15, 0.2) is 0 Å². The van der Waals surface area contributed by atoms with Crippen LogP contribution in [0.5, 0.6) is 0 Å². The molecule has 0 aliphatic rings. The fourth-order valence-electron chi connectivity index (χ4n) is 1.40. The smallest absolute Gasteiger partial charge is 0.244 e. The molecule has 0 radical (unpaired) electrons. The van der Waals surface area contributed by atoms with Gasteiger partial charge in [-0.2, -0.15) is 5.10 Å². The first-order valence-corrected chi connectivity index (χ1v) is 8.13. The molecule has 8 heteroatoms. The fourth-order valence-corrected chi connectivity index (χ4v) is 1.72. The molecule has 1 rings (SSSR count). The molecule has 0 unspecified atom stereocenters. The predicted molar refractivity (Wildman–Crippen MR) is 105 cm³/mol. The highest BCUT2D eigenvalue weighted by Gasteiger charge is 2.04. The zero-order valence-electron chi connectivity index (χ0n) is 14.6. The number of allylic oxidation sites excluding steroid dienone is 4. The fraction of sp³-hybridized carbons (Fsp3) is 0.294. The second kappa shape index (κ2) is 16.8. The number of aromatic nitrogens is 1. The van der Waals surface area contributed by atoms with Gasteiger partial charge in [-0.3, -0.25) is 9.78 Å². The monoisotopic (exact) mass is 386 g/mol. The van der Waals surface area contributed by atoms with Crippen LogP contribution in [0.4, 0.5) is 0 Å². The van der Waals surface area contributed by atoms with Crippen LogP contribution in [-0.2, 0) is 16.0 Å². The summed E-state index contributed by atoms with van der Waals surface area (Å²) in [5.41, 5.74) is 9.31. The summed E-state index contributed by atoms with van der Waals surface area (Å²) in [6, 6.07) is 3.57. The lowest BCUT2D eigenvalue weighted by molar-refractivity contribution is -0.120. The van der Waals surface area contributed by atoms with E-state index in [9.17, 15) is 4.79 Å². The molecule has 0 aliphatic heterocycles. The van der Waals surface area contributed by atoms with Crippen LogP contribution < -0.4 is 11.2 Å². The first kappa shape index (κ1) is 25.2. The van der Waals surface area contributed by atoms with Gasteiger partial charge in [0.2, 0.25) is 5.91 Å². The molecule has 1 heterocycles. The molecule has 0 saturated heterocycles. The third-order valence-corrected chi connectivity index (χ3v) is 3.30. The minimum Gasteiger partial charge on any atom is -0.333 e. The molecule has 25 heavy (non-hydrogen) atoms. The summed E-state index contributed by atoms with van der Waals surface area (Å²) in [5.74, 6) is 0.198. The maximum absolute atomic E-state index is 11.8. The largest absolute Gasteiger partial charge is 0.333 e. The van der Waals surface area contributed by atoms with Crippen LogP contribution in [0.25, 0.3) is 0 Å². The lowest BCUT2D eigenvalue weighted by Crippen LogP contribution is -2.21.